The molecule has 0 amide bonds. The molecule has 1 aliphatic heterocycles. The van der Waals surface area contributed by atoms with Gasteiger partial charge in [0.05, 0.1) is 0 Å². The van der Waals surface area contributed by atoms with Gasteiger partial charge in [0.25, 0.3) is 0 Å². The van der Waals surface area contributed by atoms with Crippen LogP contribution >= 0.6 is 11.8 Å². The third kappa shape index (κ3) is 1.16. The minimum absolute atomic E-state index is 0.764. The highest BCUT2D eigenvalue weighted by molar-refractivity contribution is 8.01. The molecule has 9 heavy (non-hydrogen) atoms. The molecule has 1 rings (SSSR count). The summed E-state index contributed by atoms with van der Waals surface area (Å²) in [5.74, 6) is 0. The van der Waals surface area contributed by atoms with Crippen LogP contribution in [0.5, 0.6) is 0 Å². The molecule has 0 saturated heterocycles. The van der Waals surface area contributed by atoms with Gasteiger partial charge in [-0.3, -0.25) is 0 Å². The topological polar surface area (TPSA) is 0 Å². The molecule has 52 valence electrons. The first-order valence-electron chi connectivity index (χ1n) is 3.45. The highest BCUT2D eigenvalue weighted by Crippen LogP contribution is 2.37. The standard InChI is InChI=1S/C8H14S/c1-5-6(2)8(4)9-7(5)3/h7-8H,1-4H3. The molecule has 1 aliphatic rings. The monoisotopic (exact) mass is 142 g/mol. The van der Waals surface area contributed by atoms with E-state index in [1.807, 2.05) is 0 Å². The van der Waals surface area contributed by atoms with Crippen molar-refractivity contribution in [3.63, 3.8) is 0 Å². The summed E-state index contributed by atoms with van der Waals surface area (Å²) in [5.41, 5.74) is 3.18. The van der Waals surface area contributed by atoms with Crippen LogP contribution in [0.4, 0.5) is 0 Å². The van der Waals surface area contributed by atoms with Crippen LogP contribution in [0.1, 0.15) is 27.7 Å². The zero-order valence-corrected chi connectivity index (χ0v) is 7.38. The third-order valence-electron chi connectivity index (χ3n) is 2.25. The summed E-state index contributed by atoms with van der Waals surface area (Å²) >= 11 is 2.06. The van der Waals surface area contributed by atoms with Crippen molar-refractivity contribution >= 4 is 11.8 Å². The van der Waals surface area contributed by atoms with Crippen LogP contribution in [-0.4, -0.2) is 10.5 Å². The molecule has 1 heterocycles. The van der Waals surface area contributed by atoms with Crippen LogP contribution in [-0.2, 0) is 0 Å². The first-order chi connectivity index (χ1) is 4.13. The molecular weight excluding hydrogens is 128 g/mol. The first-order valence-corrected chi connectivity index (χ1v) is 4.40. The van der Waals surface area contributed by atoms with Gasteiger partial charge in [0.1, 0.15) is 0 Å². The molecule has 0 fully saturated rings. The van der Waals surface area contributed by atoms with Gasteiger partial charge in [-0.05, 0) is 27.7 Å². The number of hydrogen-bond acceptors (Lipinski definition) is 1. The summed E-state index contributed by atoms with van der Waals surface area (Å²) in [5, 5.41) is 1.53. The van der Waals surface area contributed by atoms with Gasteiger partial charge in [-0.2, -0.15) is 0 Å². The van der Waals surface area contributed by atoms with Crippen LogP contribution in [0.25, 0.3) is 0 Å². The molecule has 0 nitrogen and oxygen atoms in total. The maximum absolute atomic E-state index is 2.28. The van der Waals surface area contributed by atoms with Gasteiger partial charge in [-0.1, -0.05) is 11.1 Å². The van der Waals surface area contributed by atoms with Gasteiger partial charge < -0.3 is 0 Å². The lowest BCUT2D eigenvalue weighted by Crippen LogP contribution is -1.91. The number of hydrogen-bond donors (Lipinski definition) is 0. The van der Waals surface area contributed by atoms with Crippen LogP contribution in [0.2, 0.25) is 0 Å². The molecule has 0 aromatic heterocycles. The largest absolute Gasteiger partial charge is 0.147 e. The second kappa shape index (κ2) is 2.37. The Morgan fingerprint density at radius 1 is 1.00 bits per heavy atom. The van der Waals surface area contributed by atoms with Crippen molar-refractivity contribution in [1.82, 2.24) is 0 Å². The molecule has 2 unspecified atom stereocenters. The molecule has 0 bridgehead atoms. The minimum atomic E-state index is 0.764. The molecule has 2 atom stereocenters. The van der Waals surface area contributed by atoms with Crippen molar-refractivity contribution in [2.75, 3.05) is 0 Å². The van der Waals surface area contributed by atoms with E-state index in [-0.39, 0.29) is 0 Å². The Bertz CT molecular complexity index is 131. The molecule has 0 spiro atoms. The van der Waals surface area contributed by atoms with Gasteiger partial charge in [0.15, 0.2) is 0 Å². The first kappa shape index (κ1) is 7.20. The maximum Gasteiger partial charge on any atom is 0.0234 e. The van der Waals surface area contributed by atoms with E-state index in [1.165, 1.54) is 0 Å². The lowest BCUT2D eigenvalue weighted by molar-refractivity contribution is 1.07. The molecule has 0 radical (unpaired) electrons. The van der Waals surface area contributed by atoms with E-state index in [1.54, 1.807) is 11.1 Å². The van der Waals surface area contributed by atoms with Crippen molar-refractivity contribution in [2.45, 2.75) is 38.2 Å². The highest BCUT2D eigenvalue weighted by Gasteiger charge is 2.21. The molecule has 0 N–H and O–H groups in total. The quantitative estimate of drug-likeness (QED) is 0.469. The van der Waals surface area contributed by atoms with Crippen molar-refractivity contribution in [3.05, 3.63) is 11.1 Å². The molecule has 1 heteroatoms. The van der Waals surface area contributed by atoms with E-state index in [4.69, 9.17) is 0 Å². The second-order valence-electron chi connectivity index (χ2n) is 2.79. The average Bonchev–Trinajstić information content (AvgIpc) is 1.98. The van der Waals surface area contributed by atoms with Crippen molar-refractivity contribution in [2.24, 2.45) is 0 Å². The van der Waals surface area contributed by atoms with E-state index in [0.717, 1.165) is 10.5 Å². The molecule has 0 aromatic rings. The Balaban J connectivity index is 2.79. The van der Waals surface area contributed by atoms with Gasteiger partial charge in [0, 0.05) is 10.5 Å². The molecule has 0 aliphatic carbocycles. The van der Waals surface area contributed by atoms with Crippen molar-refractivity contribution in [3.8, 4) is 0 Å². The third-order valence-corrected chi connectivity index (χ3v) is 3.77. The van der Waals surface area contributed by atoms with Crippen molar-refractivity contribution in [1.29, 1.82) is 0 Å². The van der Waals surface area contributed by atoms with E-state index >= 15 is 0 Å². The minimum Gasteiger partial charge on any atom is -0.147 e. The fourth-order valence-electron chi connectivity index (χ4n) is 1.15. The van der Waals surface area contributed by atoms with Gasteiger partial charge in [-0.15, -0.1) is 11.8 Å². The smallest absolute Gasteiger partial charge is 0.0234 e. The molecule has 0 aromatic carbocycles. The van der Waals surface area contributed by atoms with E-state index in [9.17, 15) is 0 Å². The second-order valence-corrected chi connectivity index (χ2v) is 4.47. The Labute approximate surface area is 61.7 Å². The summed E-state index contributed by atoms with van der Waals surface area (Å²) in [6.07, 6.45) is 0. The summed E-state index contributed by atoms with van der Waals surface area (Å²) in [6.45, 7) is 9.06. The van der Waals surface area contributed by atoms with E-state index in [0.29, 0.717) is 0 Å². The normalized spacial score (nSPS) is 36.0. The van der Waals surface area contributed by atoms with Gasteiger partial charge in [-0.25, -0.2) is 0 Å². The van der Waals surface area contributed by atoms with Crippen LogP contribution in [0.15, 0.2) is 11.1 Å². The maximum atomic E-state index is 2.28. The fraction of sp³-hybridized carbons (Fsp3) is 0.750. The number of thioether (sulfide) groups is 1. The summed E-state index contributed by atoms with van der Waals surface area (Å²) in [6, 6.07) is 0. The lowest BCUT2D eigenvalue weighted by Gasteiger charge is -2.02. The summed E-state index contributed by atoms with van der Waals surface area (Å²) in [7, 11) is 0. The van der Waals surface area contributed by atoms with Gasteiger partial charge in [0.2, 0.25) is 0 Å². The Morgan fingerprint density at radius 3 is 1.44 bits per heavy atom. The summed E-state index contributed by atoms with van der Waals surface area (Å²) in [4.78, 5) is 0. The fourth-order valence-corrected chi connectivity index (χ4v) is 2.54. The van der Waals surface area contributed by atoms with Crippen LogP contribution in [0.3, 0.4) is 0 Å². The SMILES string of the molecule is CC1=C(C)C(C)SC1C. The number of rotatable bonds is 0. The molecule has 0 saturated carbocycles. The van der Waals surface area contributed by atoms with Crippen LogP contribution < -0.4 is 0 Å². The van der Waals surface area contributed by atoms with E-state index < -0.39 is 0 Å². The Morgan fingerprint density at radius 2 is 1.33 bits per heavy atom. The zero-order valence-electron chi connectivity index (χ0n) is 6.56. The van der Waals surface area contributed by atoms with E-state index in [2.05, 4.69) is 39.5 Å². The average molecular weight is 142 g/mol. The van der Waals surface area contributed by atoms with Gasteiger partial charge >= 0.3 is 0 Å². The Kier molecular flexibility index (Phi) is 1.90. The van der Waals surface area contributed by atoms with Crippen LogP contribution in [0, 0.1) is 0 Å². The zero-order chi connectivity index (χ0) is 7.02. The predicted molar refractivity (Wildman–Crippen MR) is 44.9 cm³/mol. The summed E-state index contributed by atoms with van der Waals surface area (Å²) < 4.78 is 0. The Hall–Kier alpha value is 0.0900. The lowest BCUT2D eigenvalue weighted by atomic mass is 10.1. The highest BCUT2D eigenvalue weighted by atomic mass is 32.2. The van der Waals surface area contributed by atoms with Crippen molar-refractivity contribution < 1.29 is 0 Å². The molecular formula is C8H14S. The predicted octanol–water partition coefficient (Wildman–Crippen LogP) is 2.85.